The highest BCUT2D eigenvalue weighted by Crippen LogP contribution is 2.24. The van der Waals surface area contributed by atoms with Gasteiger partial charge in [-0.1, -0.05) is 18.6 Å². The molecule has 4 nitrogen and oxygen atoms in total. The molecule has 2 unspecified atom stereocenters. The third kappa shape index (κ3) is 4.24. The molecule has 0 bridgehead atoms. The minimum Gasteiger partial charge on any atom is -0.484 e. The van der Waals surface area contributed by atoms with Gasteiger partial charge in [-0.25, -0.2) is 0 Å². The average molecular weight is 263 g/mol. The van der Waals surface area contributed by atoms with Gasteiger partial charge in [-0.05, 0) is 37.5 Å². The fourth-order valence-electron chi connectivity index (χ4n) is 2.41. The van der Waals surface area contributed by atoms with Crippen LogP contribution in [-0.2, 0) is 4.79 Å². The number of carbonyl (C=O) groups is 1. The van der Waals surface area contributed by atoms with Crippen LogP contribution in [0.4, 0.5) is 0 Å². The monoisotopic (exact) mass is 263 g/mol. The predicted octanol–water partition coefficient (Wildman–Crippen LogP) is 1.65. The number of hydrogen-bond acceptors (Lipinski definition) is 3. The van der Waals surface area contributed by atoms with Gasteiger partial charge in [-0.3, -0.25) is 4.79 Å². The molecule has 1 aromatic carbocycles. The van der Waals surface area contributed by atoms with E-state index >= 15 is 0 Å². The van der Waals surface area contributed by atoms with Crippen molar-refractivity contribution < 1.29 is 14.6 Å². The number of carbonyl (C=O) groups excluding carboxylic acids is 1. The molecule has 1 aliphatic carbocycles. The van der Waals surface area contributed by atoms with E-state index in [1.54, 1.807) is 0 Å². The summed E-state index contributed by atoms with van der Waals surface area (Å²) in [5.74, 6) is 0.763. The molecule has 104 valence electrons. The summed E-state index contributed by atoms with van der Waals surface area (Å²) in [5, 5.41) is 12.5. The summed E-state index contributed by atoms with van der Waals surface area (Å²) in [4.78, 5) is 11.6. The van der Waals surface area contributed by atoms with E-state index in [0.717, 1.165) is 24.8 Å². The summed E-state index contributed by atoms with van der Waals surface area (Å²) in [6.45, 7) is 2.54. The maximum absolute atomic E-state index is 11.6. The molecule has 0 aliphatic heterocycles. The Morgan fingerprint density at radius 2 is 2.32 bits per heavy atom. The topological polar surface area (TPSA) is 58.6 Å². The Balaban J connectivity index is 1.70. The molecule has 0 spiro atoms. The number of aliphatic hydroxyl groups is 1. The number of rotatable bonds is 5. The van der Waals surface area contributed by atoms with Crippen LogP contribution in [0.5, 0.6) is 5.75 Å². The first kappa shape index (κ1) is 13.9. The minimum absolute atomic E-state index is 0.0201. The van der Waals surface area contributed by atoms with Crippen molar-refractivity contribution >= 4 is 5.91 Å². The van der Waals surface area contributed by atoms with Crippen molar-refractivity contribution in [3.05, 3.63) is 29.8 Å². The lowest BCUT2D eigenvalue weighted by atomic mass is 10.1. The Morgan fingerprint density at radius 1 is 1.47 bits per heavy atom. The highest BCUT2D eigenvalue weighted by atomic mass is 16.5. The fourth-order valence-corrected chi connectivity index (χ4v) is 2.41. The summed E-state index contributed by atoms with van der Waals surface area (Å²) >= 11 is 0. The van der Waals surface area contributed by atoms with Gasteiger partial charge in [0.25, 0.3) is 5.91 Å². The van der Waals surface area contributed by atoms with Crippen molar-refractivity contribution in [2.24, 2.45) is 5.92 Å². The Hall–Kier alpha value is -1.55. The van der Waals surface area contributed by atoms with Crippen LogP contribution in [0.15, 0.2) is 24.3 Å². The van der Waals surface area contributed by atoms with Crippen LogP contribution in [0, 0.1) is 12.8 Å². The first-order valence-electron chi connectivity index (χ1n) is 6.79. The first-order valence-corrected chi connectivity index (χ1v) is 6.79. The Kier molecular flexibility index (Phi) is 4.80. The van der Waals surface area contributed by atoms with Crippen LogP contribution in [0.25, 0.3) is 0 Å². The van der Waals surface area contributed by atoms with Gasteiger partial charge in [0.05, 0.1) is 6.10 Å². The largest absolute Gasteiger partial charge is 0.484 e. The minimum atomic E-state index is -0.266. The van der Waals surface area contributed by atoms with Crippen LogP contribution in [0.1, 0.15) is 24.8 Å². The van der Waals surface area contributed by atoms with Gasteiger partial charge in [-0.15, -0.1) is 0 Å². The van der Waals surface area contributed by atoms with E-state index in [-0.39, 0.29) is 24.5 Å². The second-order valence-electron chi connectivity index (χ2n) is 5.17. The summed E-state index contributed by atoms with van der Waals surface area (Å²) in [5.41, 5.74) is 1.10. The zero-order chi connectivity index (χ0) is 13.7. The van der Waals surface area contributed by atoms with Crippen molar-refractivity contribution in [1.82, 2.24) is 5.32 Å². The SMILES string of the molecule is Cc1cccc(OCC(=O)NCC2CCCC2O)c1. The van der Waals surface area contributed by atoms with E-state index in [2.05, 4.69) is 5.32 Å². The first-order chi connectivity index (χ1) is 9.15. The average Bonchev–Trinajstić information content (AvgIpc) is 2.80. The molecule has 2 atom stereocenters. The molecule has 0 aromatic heterocycles. The predicted molar refractivity (Wildman–Crippen MR) is 73.0 cm³/mol. The lowest BCUT2D eigenvalue weighted by Gasteiger charge is -2.15. The maximum atomic E-state index is 11.6. The Labute approximate surface area is 113 Å². The van der Waals surface area contributed by atoms with Gasteiger partial charge >= 0.3 is 0 Å². The number of nitrogens with one attached hydrogen (secondary N) is 1. The van der Waals surface area contributed by atoms with Gasteiger partial charge in [0.15, 0.2) is 6.61 Å². The second-order valence-corrected chi connectivity index (χ2v) is 5.17. The van der Waals surface area contributed by atoms with Crippen LogP contribution < -0.4 is 10.1 Å². The molecule has 1 aromatic rings. The summed E-state index contributed by atoms with van der Waals surface area (Å²) in [6.07, 6.45) is 2.61. The zero-order valence-electron chi connectivity index (χ0n) is 11.3. The van der Waals surface area contributed by atoms with Gasteiger partial charge in [0.1, 0.15) is 5.75 Å². The van der Waals surface area contributed by atoms with Gasteiger partial charge in [0, 0.05) is 12.5 Å². The fraction of sp³-hybridized carbons (Fsp3) is 0.533. The second kappa shape index (κ2) is 6.57. The number of aryl methyl sites for hydroxylation is 1. The van der Waals surface area contributed by atoms with Gasteiger partial charge in [-0.2, -0.15) is 0 Å². The Morgan fingerprint density at radius 3 is 3.00 bits per heavy atom. The molecule has 19 heavy (non-hydrogen) atoms. The number of benzene rings is 1. The van der Waals surface area contributed by atoms with Gasteiger partial charge < -0.3 is 15.2 Å². The molecule has 1 fully saturated rings. The van der Waals surface area contributed by atoms with E-state index in [9.17, 15) is 9.90 Å². The van der Waals surface area contributed by atoms with E-state index < -0.39 is 0 Å². The van der Waals surface area contributed by atoms with Crippen LogP contribution in [0.3, 0.4) is 0 Å². The van der Waals surface area contributed by atoms with Crippen molar-refractivity contribution in [2.45, 2.75) is 32.3 Å². The summed E-state index contributed by atoms with van der Waals surface area (Å²) < 4.78 is 5.42. The zero-order valence-corrected chi connectivity index (χ0v) is 11.3. The molecular formula is C15H21NO3. The van der Waals surface area contributed by atoms with Gasteiger partial charge in [0.2, 0.25) is 0 Å². The third-order valence-corrected chi connectivity index (χ3v) is 3.54. The molecule has 0 saturated heterocycles. The lowest BCUT2D eigenvalue weighted by Crippen LogP contribution is -2.35. The molecular weight excluding hydrogens is 242 g/mol. The number of amides is 1. The number of ether oxygens (including phenoxy) is 1. The number of aliphatic hydroxyl groups excluding tert-OH is 1. The van der Waals surface area contributed by atoms with E-state index in [4.69, 9.17) is 4.74 Å². The van der Waals surface area contributed by atoms with E-state index in [1.807, 2.05) is 31.2 Å². The molecule has 1 amide bonds. The summed E-state index contributed by atoms with van der Waals surface area (Å²) in [7, 11) is 0. The molecule has 0 heterocycles. The molecule has 1 aliphatic rings. The third-order valence-electron chi connectivity index (χ3n) is 3.54. The van der Waals surface area contributed by atoms with Crippen molar-refractivity contribution in [3.8, 4) is 5.75 Å². The standard InChI is InChI=1S/C15H21NO3/c1-11-4-2-6-13(8-11)19-10-15(18)16-9-12-5-3-7-14(12)17/h2,4,6,8,12,14,17H,3,5,7,9-10H2,1H3,(H,16,18). The molecule has 1 saturated carbocycles. The molecule has 4 heteroatoms. The summed E-state index contributed by atoms with van der Waals surface area (Å²) in [6, 6.07) is 7.61. The Bertz CT molecular complexity index is 433. The van der Waals surface area contributed by atoms with E-state index in [1.165, 1.54) is 0 Å². The van der Waals surface area contributed by atoms with Crippen molar-refractivity contribution in [1.29, 1.82) is 0 Å². The highest BCUT2D eigenvalue weighted by molar-refractivity contribution is 5.77. The van der Waals surface area contributed by atoms with Crippen LogP contribution >= 0.6 is 0 Å². The van der Waals surface area contributed by atoms with Crippen molar-refractivity contribution in [3.63, 3.8) is 0 Å². The molecule has 2 N–H and O–H groups in total. The van der Waals surface area contributed by atoms with Crippen molar-refractivity contribution in [2.75, 3.05) is 13.2 Å². The molecule has 2 rings (SSSR count). The maximum Gasteiger partial charge on any atom is 0.257 e. The lowest BCUT2D eigenvalue weighted by molar-refractivity contribution is -0.123. The van der Waals surface area contributed by atoms with Crippen LogP contribution in [0.2, 0.25) is 0 Å². The molecule has 0 radical (unpaired) electrons. The van der Waals surface area contributed by atoms with E-state index in [0.29, 0.717) is 12.3 Å². The normalized spacial score (nSPS) is 22.2. The number of hydrogen-bond donors (Lipinski definition) is 2. The quantitative estimate of drug-likeness (QED) is 0.849. The highest BCUT2D eigenvalue weighted by Gasteiger charge is 2.25. The smallest absolute Gasteiger partial charge is 0.257 e. The van der Waals surface area contributed by atoms with Crippen LogP contribution in [-0.4, -0.2) is 30.3 Å².